The van der Waals surface area contributed by atoms with E-state index in [9.17, 15) is 40.3 Å². The fourth-order valence-electron chi connectivity index (χ4n) is 4.71. The zero-order valence-corrected chi connectivity index (χ0v) is 25.7. The summed E-state index contributed by atoms with van der Waals surface area (Å²) in [6, 6.07) is 26.3. The molecule has 2 aromatic heterocycles. The van der Waals surface area contributed by atoms with Gasteiger partial charge in [0.25, 0.3) is 0 Å². The molecule has 0 saturated carbocycles. The maximum absolute atomic E-state index is 13.1. The molecule has 0 aliphatic carbocycles. The lowest BCUT2D eigenvalue weighted by molar-refractivity contribution is -0.142. The Morgan fingerprint density at radius 1 is 0.588 bits per heavy atom. The molecule has 4 aromatic carbocycles. The third kappa shape index (κ3) is 8.11. The molecule has 2 heterocycles. The van der Waals surface area contributed by atoms with Gasteiger partial charge in [-0.3, -0.25) is 9.59 Å². The molecule has 2 amide bonds. The third-order valence-electron chi connectivity index (χ3n) is 7.24. The number of nitrogens with two attached hydrogens (primary N) is 2. The Labute approximate surface area is 283 Å². The van der Waals surface area contributed by atoms with E-state index < -0.39 is 41.4 Å². The molecular formula is C35H22F7N7O2. The van der Waals surface area contributed by atoms with Crippen molar-refractivity contribution in [2.45, 2.75) is 12.4 Å². The summed E-state index contributed by atoms with van der Waals surface area (Å²) in [7, 11) is 0. The second-order valence-electron chi connectivity index (χ2n) is 10.7. The minimum absolute atomic E-state index is 0.138. The van der Waals surface area contributed by atoms with Crippen molar-refractivity contribution < 1.29 is 40.3 Å². The molecule has 0 aliphatic heterocycles. The van der Waals surface area contributed by atoms with Crippen LogP contribution in [0.3, 0.4) is 0 Å². The van der Waals surface area contributed by atoms with E-state index in [0.717, 1.165) is 33.6 Å². The molecule has 6 rings (SSSR count). The van der Waals surface area contributed by atoms with E-state index >= 15 is 0 Å². The maximum Gasteiger partial charge on any atom is 0.435 e. The quantitative estimate of drug-likeness (QED) is 0.174. The summed E-state index contributed by atoms with van der Waals surface area (Å²) in [6.07, 6.45) is -9.24. The molecule has 0 aliphatic rings. The minimum Gasteiger partial charge on any atom is -0.366 e. The van der Waals surface area contributed by atoms with Crippen molar-refractivity contribution in [3.8, 4) is 40.0 Å². The predicted octanol–water partition coefficient (Wildman–Crippen LogP) is 7.32. The predicted molar refractivity (Wildman–Crippen MR) is 170 cm³/mol. The van der Waals surface area contributed by atoms with Crippen molar-refractivity contribution in [1.29, 1.82) is 5.26 Å². The number of rotatable bonds is 6. The van der Waals surface area contributed by atoms with E-state index in [1.54, 1.807) is 12.1 Å². The van der Waals surface area contributed by atoms with Crippen LogP contribution < -0.4 is 11.5 Å². The van der Waals surface area contributed by atoms with Crippen LogP contribution in [-0.4, -0.2) is 31.4 Å². The molecule has 0 fully saturated rings. The standard InChI is InChI=1S/C18H11F3N4O.C17H11F4N3O/c19-18(20,21)16-9-15(12-3-1-11(10-22)2-4-12)25(24-16)14-7-5-13(6-8-14)17(23)26;18-12-5-1-10(2-6-12)14-9-15(17(19,20)21)23-24(14)13-7-3-11(4-8-13)16(22)25/h1-9H,(H2,23,26);1-9H,(H2,22,25). The van der Waals surface area contributed by atoms with Gasteiger partial charge in [0.05, 0.1) is 34.4 Å². The molecule has 0 radical (unpaired) electrons. The average molecular weight is 706 g/mol. The number of amides is 2. The van der Waals surface area contributed by atoms with E-state index in [-0.39, 0.29) is 22.5 Å². The van der Waals surface area contributed by atoms with Crippen molar-refractivity contribution in [3.63, 3.8) is 0 Å². The first-order chi connectivity index (χ1) is 24.0. The van der Waals surface area contributed by atoms with Gasteiger partial charge in [0.1, 0.15) is 5.82 Å². The van der Waals surface area contributed by atoms with Gasteiger partial charge < -0.3 is 11.5 Å². The van der Waals surface area contributed by atoms with E-state index in [2.05, 4.69) is 10.2 Å². The maximum atomic E-state index is 13.1. The van der Waals surface area contributed by atoms with Crippen molar-refractivity contribution in [2.24, 2.45) is 11.5 Å². The van der Waals surface area contributed by atoms with Crippen molar-refractivity contribution in [3.05, 3.63) is 143 Å². The lowest BCUT2D eigenvalue weighted by Gasteiger charge is -2.08. The molecule has 51 heavy (non-hydrogen) atoms. The molecule has 0 atom stereocenters. The van der Waals surface area contributed by atoms with Gasteiger partial charge in [-0.2, -0.15) is 41.8 Å². The molecule has 0 spiro atoms. The minimum atomic E-state index is -4.63. The molecule has 16 heteroatoms. The Morgan fingerprint density at radius 3 is 1.25 bits per heavy atom. The van der Waals surface area contributed by atoms with Crippen LogP contribution in [0.2, 0.25) is 0 Å². The number of hydrogen-bond acceptors (Lipinski definition) is 5. The Hall–Kier alpha value is -6.76. The average Bonchev–Trinajstić information content (AvgIpc) is 3.76. The number of carbonyl (C=O) groups excluding carboxylic acids is 2. The molecule has 0 unspecified atom stereocenters. The monoisotopic (exact) mass is 705 g/mol. The van der Waals surface area contributed by atoms with Gasteiger partial charge in [-0.25, -0.2) is 13.8 Å². The number of hydrogen-bond donors (Lipinski definition) is 2. The smallest absolute Gasteiger partial charge is 0.366 e. The number of carbonyl (C=O) groups is 2. The van der Waals surface area contributed by atoms with Gasteiger partial charge in [0.15, 0.2) is 11.4 Å². The van der Waals surface area contributed by atoms with Crippen molar-refractivity contribution in [2.75, 3.05) is 0 Å². The molecule has 0 bridgehead atoms. The Balaban J connectivity index is 0.000000198. The van der Waals surface area contributed by atoms with E-state index in [1.807, 2.05) is 6.07 Å². The SMILES string of the molecule is N#Cc1ccc(-c2cc(C(F)(F)F)nn2-c2ccc(C(N)=O)cc2)cc1.NC(=O)c1ccc(-n2nc(C(F)(F)F)cc2-c2ccc(F)cc2)cc1. The number of halogens is 7. The van der Waals surface area contributed by atoms with Crippen LogP contribution in [0.25, 0.3) is 33.9 Å². The summed E-state index contributed by atoms with van der Waals surface area (Å²) in [4.78, 5) is 22.3. The second kappa shape index (κ2) is 14.0. The van der Waals surface area contributed by atoms with E-state index in [1.165, 1.54) is 72.8 Å². The highest BCUT2D eigenvalue weighted by molar-refractivity contribution is 5.93. The van der Waals surface area contributed by atoms with Crippen LogP contribution in [0.15, 0.2) is 109 Å². The highest BCUT2D eigenvalue weighted by atomic mass is 19.4. The van der Waals surface area contributed by atoms with E-state index in [4.69, 9.17) is 16.7 Å². The van der Waals surface area contributed by atoms with Gasteiger partial charge >= 0.3 is 12.4 Å². The Bertz CT molecular complexity index is 2230. The van der Waals surface area contributed by atoms with Crippen LogP contribution >= 0.6 is 0 Å². The van der Waals surface area contributed by atoms with Gasteiger partial charge in [-0.05, 0) is 97.1 Å². The summed E-state index contributed by atoms with van der Waals surface area (Å²) >= 11 is 0. The number of alkyl halides is 6. The number of benzene rings is 4. The first kappa shape index (κ1) is 35.5. The third-order valence-corrected chi connectivity index (χ3v) is 7.24. The number of aromatic nitrogens is 4. The highest BCUT2D eigenvalue weighted by Crippen LogP contribution is 2.35. The molecule has 258 valence electrons. The zero-order valence-electron chi connectivity index (χ0n) is 25.7. The molecular weight excluding hydrogens is 683 g/mol. The largest absolute Gasteiger partial charge is 0.435 e. The molecule has 0 saturated heterocycles. The molecule has 6 aromatic rings. The fraction of sp³-hybridized carbons (Fsp3) is 0.0571. The van der Waals surface area contributed by atoms with Crippen molar-refractivity contribution >= 4 is 11.8 Å². The number of nitrogens with zero attached hydrogens (tertiary/aromatic N) is 5. The van der Waals surface area contributed by atoms with Crippen LogP contribution in [0, 0.1) is 17.1 Å². The summed E-state index contributed by atoms with van der Waals surface area (Å²) in [5.74, 6) is -1.79. The lowest BCUT2D eigenvalue weighted by atomic mass is 10.1. The molecule has 4 N–H and O–H groups in total. The molecule has 9 nitrogen and oxygen atoms in total. The topological polar surface area (TPSA) is 146 Å². The van der Waals surface area contributed by atoms with Crippen LogP contribution in [0.5, 0.6) is 0 Å². The van der Waals surface area contributed by atoms with Crippen molar-refractivity contribution in [1.82, 2.24) is 19.6 Å². The van der Waals surface area contributed by atoms with E-state index in [0.29, 0.717) is 28.1 Å². The summed E-state index contributed by atoms with van der Waals surface area (Å²) in [5.41, 5.74) is 10.9. The fourth-order valence-corrected chi connectivity index (χ4v) is 4.71. The van der Waals surface area contributed by atoms with Gasteiger partial charge in [-0.1, -0.05) is 12.1 Å². The lowest BCUT2D eigenvalue weighted by Crippen LogP contribution is -2.11. The normalized spacial score (nSPS) is 11.3. The van der Waals surface area contributed by atoms with Crippen LogP contribution in [0.4, 0.5) is 30.7 Å². The second-order valence-corrected chi connectivity index (χ2v) is 10.7. The Kier molecular flexibility index (Phi) is 9.76. The van der Waals surface area contributed by atoms with Gasteiger partial charge in [0.2, 0.25) is 11.8 Å². The zero-order chi connectivity index (χ0) is 37.1. The number of primary amides is 2. The summed E-state index contributed by atoms with van der Waals surface area (Å²) in [5, 5.41) is 16.1. The highest BCUT2D eigenvalue weighted by Gasteiger charge is 2.36. The van der Waals surface area contributed by atoms with Gasteiger partial charge in [0, 0.05) is 22.3 Å². The van der Waals surface area contributed by atoms with Crippen LogP contribution in [0.1, 0.15) is 37.7 Å². The first-order valence-electron chi connectivity index (χ1n) is 14.5. The summed E-state index contributed by atoms with van der Waals surface area (Å²) in [6.45, 7) is 0. The first-order valence-corrected chi connectivity index (χ1v) is 14.5. The number of nitriles is 1. The van der Waals surface area contributed by atoms with Gasteiger partial charge in [-0.15, -0.1) is 0 Å². The Morgan fingerprint density at radius 2 is 0.941 bits per heavy atom. The summed E-state index contributed by atoms with van der Waals surface area (Å²) < 4.78 is 93.8. The van der Waals surface area contributed by atoms with Crippen LogP contribution in [-0.2, 0) is 12.4 Å².